The SMILES string of the molecule is CCc1ccc(CC)c(C(=O)COc2ccccc2C(N)=O)c1. The van der Waals surface area contributed by atoms with Gasteiger partial charge in [0, 0.05) is 5.56 Å². The lowest BCUT2D eigenvalue weighted by atomic mass is 9.98. The summed E-state index contributed by atoms with van der Waals surface area (Å²) in [7, 11) is 0. The molecule has 1 amide bonds. The Kier molecular flexibility index (Phi) is 5.52. The van der Waals surface area contributed by atoms with Gasteiger partial charge in [0.2, 0.25) is 0 Å². The molecule has 2 N–H and O–H groups in total. The lowest BCUT2D eigenvalue weighted by Crippen LogP contribution is -2.17. The maximum atomic E-state index is 12.5. The number of hydrogen-bond donors (Lipinski definition) is 1. The second-order valence-electron chi connectivity index (χ2n) is 5.27. The van der Waals surface area contributed by atoms with E-state index in [1.807, 2.05) is 25.1 Å². The molecule has 23 heavy (non-hydrogen) atoms. The molecule has 0 saturated carbocycles. The van der Waals surface area contributed by atoms with E-state index in [0.29, 0.717) is 11.3 Å². The van der Waals surface area contributed by atoms with Crippen LogP contribution in [0, 0.1) is 0 Å². The van der Waals surface area contributed by atoms with Crippen molar-refractivity contribution in [1.82, 2.24) is 0 Å². The van der Waals surface area contributed by atoms with Crippen LogP contribution in [0.4, 0.5) is 0 Å². The molecular weight excluding hydrogens is 290 g/mol. The van der Waals surface area contributed by atoms with Crippen LogP contribution < -0.4 is 10.5 Å². The van der Waals surface area contributed by atoms with Crippen LogP contribution in [0.25, 0.3) is 0 Å². The molecule has 2 rings (SSSR count). The van der Waals surface area contributed by atoms with Crippen LogP contribution in [-0.2, 0) is 12.8 Å². The van der Waals surface area contributed by atoms with E-state index in [2.05, 4.69) is 6.92 Å². The smallest absolute Gasteiger partial charge is 0.252 e. The maximum Gasteiger partial charge on any atom is 0.252 e. The number of carbonyl (C=O) groups is 2. The van der Waals surface area contributed by atoms with E-state index in [9.17, 15) is 9.59 Å². The average molecular weight is 311 g/mol. The summed E-state index contributed by atoms with van der Waals surface area (Å²) in [5.41, 5.74) is 8.38. The molecule has 0 aliphatic carbocycles. The third-order valence-electron chi connectivity index (χ3n) is 3.78. The first kappa shape index (κ1) is 16.7. The first-order valence-corrected chi connectivity index (χ1v) is 7.73. The van der Waals surface area contributed by atoms with Crippen LogP contribution in [0.2, 0.25) is 0 Å². The molecule has 0 unspecified atom stereocenters. The van der Waals surface area contributed by atoms with Crippen molar-refractivity contribution < 1.29 is 14.3 Å². The number of carbonyl (C=O) groups excluding carboxylic acids is 2. The molecule has 0 aliphatic heterocycles. The number of rotatable bonds is 7. The monoisotopic (exact) mass is 311 g/mol. The van der Waals surface area contributed by atoms with Crippen molar-refractivity contribution in [2.75, 3.05) is 6.61 Å². The predicted octanol–water partition coefficient (Wildman–Crippen LogP) is 3.17. The van der Waals surface area contributed by atoms with Gasteiger partial charge in [0.1, 0.15) is 5.75 Å². The Balaban J connectivity index is 2.19. The van der Waals surface area contributed by atoms with Crippen LogP contribution in [0.15, 0.2) is 42.5 Å². The lowest BCUT2D eigenvalue weighted by molar-refractivity contribution is 0.0911. The van der Waals surface area contributed by atoms with Crippen LogP contribution in [0.5, 0.6) is 5.75 Å². The predicted molar refractivity (Wildman–Crippen MR) is 90.0 cm³/mol. The third-order valence-corrected chi connectivity index (χ3v) is 3.78. The lowest BCUT2D eigenvalue weighted by Gasteiger charge is -2.12. The van der Waals surface area contributed by atoms with E-state index in [4.69, 9.17) is 10.5 Å². The van der Waals surface area contributed by atoms with Gasteiger partial charge in [-0.25, -0.2) is 0 Å². The minimum Gasteiger partial charge on any atom is -0.485 e. The summed E-state index contributed by atoms with van der Waals surface area (Å²) in [4.78, 5) is 23.9. The Bertz CT molecular complexity index is 722. The van der Waals surface area contributed by atoms with Crippen LogP contribution in [0.1, 0.15) is 45.7 Å². The number of aryl methyl sites for hydroxylation is 2. The van der Waals surface area contributed by atoms with E-state index in [-0.39, 0.29) is 18.0 Å². The minimum absolute atomic E-state index is 0.101. The van der Waals surface area contributed by atoms with Crippen LogP contribution >= 0.6 is 0 Å². The average Bonchev–Trinajstić information content (AvgIpc) is 2.59. The van der Waals surface area contributed by atoms with Crippen molar-refractivity contribution >= 4 is 11.7 Å². The summed E-state index contributed by atoms with van der Waals surface area (Å²) in [6.07, 6.45) is 1.65. The van der Waals surface area contributed by atoms with Gasteiger partial charge >= 0.3 is 0 Å². The molecule has 0 atom stereocenters. The highest BCUT2D eigenvalue weighted by molar-refractivity contribution is 5.99. The Morgan fingerprint density at radius 2 is 1.74 bits per heavy atom. The van der Waals surface area contributed by atoms with E-state index < -0.39 is 5.91 Å². The fraction of sp³-hybridized carbons (Fsp3) is 0.263. The number of primary amides is 1. The zero-order chi connectivity index (χ0) is 16.8. The topological polar surface area (TPSA) is 69.4 Å². The highest BCUT2D eigenvalue weighted by Crippen LogP contribution is 2.19. The Hall–Kier alpha value is -2.62. The van der Waals surface area contributed by atoms with E-state index >= 15 is 0 Å². The zero-order valence-corrected chi connectivity index (χ0v) is 13.5. The molecule has 0 saturated heterocycles. The summed E-state index contributed by atoms with van der Waals surface area (Å²) in [5.74, 6) is -0.343. The number of nitrogens with two attached hydrogens (primary N) is 1. The molecule has 120 valence electrons. The summed E-state index contributed by atoms with van der Waals surface area (Å²) in [5, 5.41) is 0. The molecule has 0 aliphatic rings. The normalized spacial score (nSPS) is 10.3. The van der Waals surface area contributed by atoms with Gasteiger partial charge in [0.25, 0.3) is 5.91 Å². The molecule has 4 nitrogen and oxygen atoms in total. The van der Waals surface area contributed by atoms with Crippen molar-refractivity contribution in [2.24, 2.45) is 5.73 Å². The fourth-order valence-corrected chi connectivity index (χ4v) is 2.43. The van der Waals surface area contributed by atoms with Gasteiger partial charge in [-0.1, -0.05) is 38.1 Å². The summed E-state index contributed by atoms with van der Waals surface area (Å²) >= 11 is 0. The molecule has 2 aromatic rings. The number of amides is 1. The second kappa shape index (κ2) is 7.58. The van der Waals surface area contributed by atoms with Crippen LogP contribution in [-0.4, -0.2) is 18.3 Å². The quantitative estimate of drug-likeness (QED) is 0.798. The molecule has 0 spiro atoms. The van der Waals surface area contributed by atoms with Gasteiger partial charge in [0.05, 0.1) is 5.56 Å². The Morgan fingerprint density at radius 3 is 2.39 bits per heavy atom. The summed E-state index contributed by atoms with van der Waals surface area (Å²) < 4.78 is 5.54. The maximum absolute atomic E-state index is 12.5. The van der Waals surface area contributed by atoms with Crippen molar-refractivity contribution in [3.8, 4) is 5.75 Å². The molecule has 2 aromatic carbocycles. The second-order valence-corrected chi connectivity index (χ2v) is 5.27. The Labute approximate surface area is 136 Å². The number of ketones is 1. The number of Topliss-reactive ketones (excluding diaryl/α,β-unsaturated/α-hetero) is 1. The van der Waals surface area contributed by atoms with Crippen molar-refractivity contribution in [3.05, 3.63) is 64.7 Å². The third kappa shape index (κ3) is 3.97. The largest absolute Gasteiger partial charge is 0.485 e. The fourth-order valence-electron chi connectivity index (χ4n) is 2.43. The number of benzene rings is 2. The van der Waals surface area contributed by atoms with E-state index in [1.54, 1.807) is 24.3 Å². The van der Waals surface area contributed by atoms with Gasteiger partial charge in [-0.15, -0.1) is 0 Å². The standard InChI is InChI=1S/C19H21NO3/c1-3-13-9-10-14(4-2)16(11-13)17(21)12-23-18-8-6-5-7-15(18)19(20)22/h5-11H,3-4,12H2,1-2H3,(H2,20,22). The van der Waals surface area contributed by atoms with Crippen LogP contribution in [0.3, 0.4) is 0 Å². The molecule has 0 aromatic heterocycles. The molecule has 0 bridgehead atoms. The number of ether oxygens (including phenoxy) is 1. The molecule has 4 heteroatoms. The summed E-state index contributed by atoms with van der Waals surface area (Å²) in [6, 6.07) is 12.6. The van der Waals surface area contributed by atoms with Gasteiger partial charge in [-0.3, -0.25) is 9.59 Å². The molecular formula is C19H21NO3. The first-order valence-electron chi connectivity index (χ1n) is 7.73. The van der Waals surface area contributed by atoms with E-state index in [0.717, 1.165) is 24.0 Å². The molecule has 0 radical (unpaired) electrons. The molecule has 0 heterocycles. The van der Waals surface area contributed by atoms with Gasteiger partial charge in [0.15, 0.2) is 12.4 Å². The first-order chi connectivity index (χ1) is 11.1. The van der Waals surface area contributed by atoms with Gasteiger partial charge < -0.3 is 10.5 Å². The van der Waals surface area contributed by atoms with E-state index in [1.165, 1.54) is 0 Å². The Morgan fingerprint density at radius 1 is 1.00 bits per heavy atom. The zero-order valence-electron chi connectivity index (χ0n) is 13.5. The number of para-hydroxylation sites is 1. The highest BCUT2D eigenvalue weighted by Gasteiger charge is 2.14. The summed E-state index contributed by atoms with van der Waals surface area (Å²) in [6.45, 7) is 3.94. The van der Waals surface area contributed by atoms with Crippen molar-refractivity contribution in [3.63, 3.8) is 0 Å². The highest BCUT2D eigenvalue weighted by atomic mass is 16.5. The number of hydrogen-bond acceptors (Lipinski definition) is 3. The van der Waals surface area contributed by atoms with Gasteiger partial charge in [-0.2, -0.15) is 0 Å². The van der Waals surface area contributed by atoms with Gasteiger partial charge in [-0.05, 0) is 42.2 Å². The van der Waals surface area contributed by atoms with Crippen molar-refractivity contribution in [1.29, 1.82) is 0 Å². The minimum atomic E-state index is -0.574. The molecule has 0 fully saturated rings. The van der Waals surface area contributed by atoms with Crippen molar-refractivity contribution in [2.45, 2.75) is 26.7 Å².